The van der Waals surface area contributed by atoms with Crippen molar-refractivity contribution in [3.8, 4) is 17.2 Å². The molecule has 0 spiro atoms. The largest absolute Gasteiger partial charge is 0.489 e. The van der Waals surface area contributed by atoms with Crippen LogP contribution in [0.2, 0.25) is 0 Å². The standard InChI is InChI=1S/C26H27N3O4/c30-26(29-14-12-28(13-15-29)17-20-8-10-27-11-9-20)25-19-32-23-7-6-22(16-24(23)33-25)31-18-21-4-2-1-3-5-21/h1-11,16,25H,12-15,17-19H2. The molecule has 0 radical (unpaired) electrons. The number of hydrogen-bond acceptors (Lipinski definition) is 6. The zero-order chi connectivity index (χ0) is 22.5. The predicted molar refractivity (Wildman–Crippen MR) is 123 cm³/mol. The van der Waals surface area contributed by atoms with Crippen LogP contribution in [0.25, 0.3) is 0 Å². The second-order valence-corrected chi connectivity index (χ2v) is 8.26. The van der Waals surface area contributed by atoms with E-state index in [1.165, 1.54) is 5.56 Å². The summed E-state index contributed by atoms with van der Waals surface area (Å²) in [6.07, 6.45) is 2.98. The molecule has 1 amide bonds. The summed E-state index contributed by atoms with van der Waals surface area (Å²) in [4.78, 5) is 21.4. The van der Waals surface area contributed by atoms with E-state index in [1.807, 2.05) is 71.9 Å². The van der Waals surface area contributed by atoms with Crippen LogP contribution in [-0.4, -0.2) is 59.6 Å². The van der Waals surface area contributed by atoms with Gasteiger partial charge in [-0.2, -0.15) is 0 Å². The zero-order valence-electron chi connectivity index (χ0n) is 18.4. The maximum Gasteiger partial charge on any atom is 0.267 e. The first-order chi connectivity index (χ1) is 16.2. The van der Waals surface area contributed by atoms with Crippen molar-refractivity contribution in [3.05, 3.63) is 84.2 Å². The minimum Gasteiger partial charge on any atom is -0.489 e. The summed E-state index contributed by atoms with van der Waals surface area (Å²) in [7, 11) is 0. The third-order valence-electron chi connectivity index (χ3n) is 5.94. The lowest BCUT2D eigenvalue weighted by Crippen LogP contribution is -2.53. The molecule has 0 N–H and O–H groups in total. The second kappa shape index (κ2) is 9.92. The van der Waals surface area contributed by atoms with E-state index in [2.05, 4.69) is 9.88 Å². The summed E-state index contributed by atoms with van der Waals surface area (Å²) in [6.45, 7) is 4.56. The topological polar surface area (TPSA) is 64.1 Å². The molecule has 0 bridgehead atoms. The van der Waals surface area contributed by atoms with Crippen LogP contribution in [0.5, 0.6) is 17.2 Å². The molecule has 1 unspecified atom stereocenters. The lowest BCUT2D eigenvalue weighted by molar-refractivity contribution is -0.143. The van der Waals surface area contributed by atoms with Crippen LogP contribution in [0, 0.1) is 0 Å². The van der Waals surface area contributed by atoms with Crippen LogP contribution in [0.15, 0.2) is 73.1 Å². The number of carbonyl (C=O) groups is 1. The summed E-state index contributed by atoms with van der Waals surface area (Å²) >= 11 is 0. The molecule has 1 aromatic heterocycles. The van der Waals surface area contributed by atoms with Gasteiger partial charge in [0.1, 0.15) is 19.0 Å². The Kier molecular flexibility index (Phi) is 6.39. The molecule has 1 atom stereocenters. The molecule has 7 heteroatoms. The molecule has 2 aliphatic heterocycles. The van der Waals surface area contributed by atoms with Crippen molar-refractivity contribution in [2.45, 2.75) is 19.3 Å². The molecular weight excluding hydrogens is 418 g/mol. The number of piperazine rings is 1. The van der Waals surface area contributed by atoms with Crippen LogP contribution in [-0.2, 0) is 17.9 Å². The van der Waals surface area contributed by atoms with Gasteiger partial charge in [0.2, 0.25) is 6.10 Å². The van der Waals surface area contributed by atoms with Crippen molar-refractivity contribution < 1.29 is 19.0 Å². The first kappa shape index (κ1) is 21.3. The highest BCUT2D eigenvalue weighted by atomic mass is 16.6. The maximum absolute atomic E-state index is 13.1. The Morgan fingerprint density at radius 1 is 0.939 bits per heavy atom. The molecule has 2 aliphatic rings. The molecule has 7 nitrogen and oxygen atoms in total. The Hall–Kier alpha value is -3.58. The van der Waals surface area contributed by atoms with Gasteiger partial charge < -0.3 is 19.1 Å². The first-order valence-corrected chi connectivity index (χ1v) is 11.2. The molecule has 170 valence electrons. The van der Waals surface area contributed by atoms with Crippen molar-refractivity contribution in [2.75, 3.05) is 32.8 Å². The third-order valence-corrected chi connectivity index (χ3v) is 5.94. The second-order valence-electron chi connectivity index (χ2n) is 8.26. The monoisotopic (exact) mass is 445 g/mol. The number of aromatic nitrogens is 1. The molecule has 3 aromatic rings. The number of ether oxygens (including phenoxy) is 3. The number of amides is 1. The molecular formula is C26H27N3O4. The van der Waals surface area contributed by atoms with E-state index in [1.54, 1.807) is 6.07 Å². The fourth-order valence-corrected chi connectivity index (χ4v) is 4.08. The fraction of sp³-hybridized carbons (Fsp3) is 0.308. The van der Waals surface area contributed by atoms with Crippen molar-refractivity contribution in [2.24, 2.45) is 0 Å². The van der Waals surface area contributed by atoms with E-state index >= 15 is 0 Å². The van der Waals surface area contributed by atoms with E-state index in [-0.39, 0.29) is 12.5 Å². The van der Waals surface area contributed by atoms with E-state index in [4.69, 9.17) is 14.2 Å². The van der Waals surface area contributed by atoms with Gasteiger partial charge >= 0.3 is 0 Å². The maximum atomic E-state index is 13.1. The van der Waals surface area contributed by atoms with Crippen molar-refractivity contribution >= 4 is 5.91 Å². The van der Waals surface area contributed by atoms with Gasteiger partial charge in [-0.1, -0.05) is 30.3 Å². The van der Waals surface area contributed by atoms with Gasteiger partial charge in [-0.25, -0.2) is 0 Å². The van der Waals surface area contributed by atoms with Crippen molar-refractivity contribution in [1.29, 1.82) is 0 Å². The zero-order valence-corrected chi connectivity index (χ0v) is 18.4. The van der Waals surface area contributed by atoms with Crippen LogP contribution in [0.1, 0.15) is 11.1 Å². The molecule has 0 saturated carbocycles. The number of carbonyl (C=O) groups excluding carboxylic acids is 1. The highest BCUT2D eigenvalue weighted by Gasteiger charge is 2.33. The average molecular weight is 446 g/mol. The number of pyridine rings is 1. The Bertz CT molecular complexity index is 1070. The normalized spacial score (nSPS) is 18.1. The third kappa shape index (κ3) is 5.26. The Balaban J connectivity index is 1.15. The summed E-state index contributed by atoms with van der Waals surface area (Å²) in [5.74, 6) is 1.83. The SMILES string of the molecule is O=C(C1COc2ccc(OCc3ccccc3)cc2O1)N1CCN(Cc2ccncc2)CC1. The minimum absolute atomic E-state index is 0.0279. The van der Waals surface area contributed by atoms with E-state index in [0.717, 1.165) is 25.2 Å². The Morgan fingerprint density at radius 3 is 2.52 bits per heavy atom. The van der Waals surface area contributed by atoms with Crippen LogP contribution in [0.3, 0.4) is 0 Å². The molecule has 5 rings (SSSR count). The highest BCUT2D eigenvalue weighted by molar-refractivity contribution is 5.82. The highest BCUT2D eigenvalue weighted by Crippen LogP contribution is 2.35. The molecule has 1 fully saturated rings. The number of rotatable bonds is 6. The smallest absolute Gasteiger partial charge is 0.267 e. The van der Waals surface area contributed by atoms with Gasteiger partial charge in [0.25, 0.3) is 5.91 Å². The average Bonchev–Trinajstić information content (AvgIpc) is 2.88. The van der Waals surface area contributed by atoms with Crippen LogP contribution in [0.4, 0.5) is 0 Å². The fourth-order valence-electron chi connectivity index (χ4n) is 4.08. The number of benzene rings is 2. The van der Waals surface area contributed by atoms with E-state index in [0.29, 0.717) is 36.9 Å². The molecule has 2 aromatic carbocycles. The quantitative estimate of drug-likeness (QED) is 0.581. The van der Waals surface area contributed by atoms with E-state index < -0.39 is 6.10 Å². The molecule has 0 aliphatic carbocycles. The van der Waals surface area contributed by atoms with Crippen molar-refractivity contribution in [1.82, 2.24) is 14.8 Å². The Labute approximate surface area is 193 Å². The molecule has 33 heavy (non-hydrogen) atoms. The summed E-state index contributed by atoms with van der Waals surface area (Å²) < 4.78 is 17.8. The van der Waals surface area contributed by atoms with E-state index in [9.17, 15) is 4.79 Å². The van der Waals surface area contributed by atoms with Gasteiger partial charge in [0, 0.05) is 51.2 Å². The van der Waals surface area contributed by atoms with Crippen LogP contribution >= 0.6 is 0 Å². The lowest BCUT2D eigenvalue weighted by atomic mass is 10.2. The van der Waals surface area contributed by atoms with Gasteiger partial charge in [-0.05, 0) is 35.4 Å². The summed E-state index contributed by atoms with van der Waals surface area (Å²) in [6, 6.07) is 19.5. The summed E-state index contributed by atoms with van der Waals surface area (Å²) in [5.41, 5.74) is 2.32. The lowest BCUT2D eigenvalue weighted by Gasteiger charge is -2.37. The van der Waals surface area contributed by atoms with Crippen molar-refractivity contribution in [3.63, 3.8) is 0 Å². The molecule has 1 saturated heterocycles. The number of fused-ring (bicyclic) bond motifs is 1. The van der Waals surface area contributed by atoms with Gasteiger partial charge in [-0.3, -0.25) is 14.7 Å². The summed E-state index contributed by atoms with van der Waals surface area (Å²) in [5, 5.41) is 0. The van der Waals surface area contributed by atoms with Gasteiger partial charge in [0.15, 0.2) is 11.5 Å². The predicted octanol–water partition coefficient (Wildman–Crippen LogP) is 3.14. The first-order valence-electron chi connectivity index (χ1n) is 11.2. The number of hydrogen-bond donors (Lipinski definition) is 0. The minimum atomic E-state index is -0.645. The van der Waals surface area contributed by atoms with Gasteiger partial charge in [0.05, 0.1) is 0 Å². The molecule has 3 heterocycles. The van der Waals surface area contributed by atoms with Crippen LogP contribution < -0.4 is 14.2 Å². The van der Waals surface area contributed by atoms with Gasteiger partial charge in [-0.15, -0.1) is 0 Å². The number of nitrogens with zero attached hydrogens (tertiary/aromatic N) is 3. The Morgan fingerprint density at radius 2 is 1.73 bits per heavy atom.